The van der Waals surface area contributed by atoms with Gasteiger partial charge in [-0.15, -0.1) is 0 Å². The molecule has 0 radical (unpaired) electrons. The highest BCUT2D eigenvalue weighted by Crippen LogP contribution is 2.17. The molecule has 0 heterocycles. The summed E-state index contributed by atoms with van der Waals surface area (Å²) < 4.78 is 26.1. The van der Waals surface area contributed by atoms with Crippen LogP contribution in [0.2, 0.25) is 5.02 Å². The predicted molar refractivity (Wildman–Crippen MR) is 71.2 cm³/mol. The van der Waals surface area contributed by atoms with E-state index in [0.29, 0.717) is 16.7 Å². The van der Waals surface area contributed by atoms with Crippen molar-refractivity contribution in [2.75, 3.05) is 0 Å². The van der Waals surface area contributed by atoms with Crippen LogP contribution in [0.25, 0.3) is 6.08 Å². The largest absolute Gasteiger partial charge is 0.289 e. The maximum atomic E-state index is 13.4. The number of benzene rings is 2. The summed E-state index contributed by atoms with van der Waals surface area (Å²) in [4.78, 5) is 11.8. The summed E-state index contributed by atoms with van der Waals surface area (Å²) in [5.41, 5.74) is 0.477. The van der Waals surface area contributed by atoms with Gasteiger partial charge in [0.2, 0.25) is 0 Å². The van der Waals surface area contributed by atoms with Crippen molar-refractivity contribution in [2.45, 2.75) is 0 Å². The summed E-state index contributed by atoms with van der Waals surface area (Å²) in [6.07, 6.45) is 2.70. The first-order chi connectivity index (χ1) is 9.08. The molecular weight excluding hydrogens is 270 g/mol. The number of carbonyl (C=O) groups excluding carboxylic acids is 1. The van der Waals surface area contributed by atoms with Gasteiger partial charge >= 0.3 is 0 Å². The van der Waals surface area contributed by atoms with E-state index in [0.717, 1.165) is 12.1 Å². The predicted octanol–water partition coefficient (Wildman–Crippen LogP) is 4.51. The fourth-order valence-electron chi connectivity index (χ4n) is 1.55. The van der Waals surface area contributed by atoms with Crippen LogP contribution >= 0.6 is 11.6 Å². The molecule has 2 aromatic rings. The molecule has 0 amide bonds. The number of hydrogen-bond acceptors (Lipinski definition) is 1. The number of hydrogen-bond donors (Lipinski definition) is 0. The van der Waals surface area contributed by atoms with Gasteiger partial charge in [-0.3, -0.25) is 4.79 Å². The Balaban J connectivity index is 2.24. The summed E-state index contributed by atoms with van der Waals surface area (Å²) in [5.74, 6) is -2.14. The minimum absolute atomic E-state index is 0.176. The van der Waals surface area contributed by atoms with Crippen molar-refractivity contribution < 1.29 is 13.6 Å². The van der Waals surface area contributed by atoms with Crippen LogP contribution in [0.15, 0.2) is 48.5 Å². The average Bonchev–Trinajstić information content (AvgIpc) is 2.37. The van der Waals surface area contributed by atoms with Crippen LogP contribution < -0.4 is 0 Å². The molecule has 0 bridgehead atoms. The van der Waals surface area contributed by atoms with E-state index in [1.54, 1.807) is 24.3 Å². The SMILES string of the molecule is O=C(/C=C/c1ccccc1Cl)c1ccc(F)cc1F. The van der Waals surface area contributed by atoms with Crippen molar-refractivity contribution in [3.63, 3.8) is 0 Å². The van der Waals surface area contributed by atoms with Crippen LogP contribution in [-0.4, -0.2) is 5.78 Å². The quantitative estimate of drug-likeness (QED) is 0.596. The minimum Gasteiger partial charge on any atom is -0.289 e. The van der Waals surface area contributed by atoms with E-state index >= 15 is 0 Å². The van der Waals surface area contributed by atoms with E-state index in [9.17, 15) is 13.6 Å². The Morgan fingerprint density at radius 1 is 1.11 bits per heavy atom. The maximum Gasteiger partial charge on any atom is 0.188 e. The number of carbonyl (C=O) groups is 1. The zero-order chi connectivity index (χ0) is 13.8. The van der Waals surface area contributed by atoms with E-state index in [4.69, 9.17) is 11.6 Å². The summed E-state index contributed by atoms with van der Waals surface area (Å²) in [5, 5.41) is 0.492. The van der Waals surface area contributed by atoms with E-state index in [1.165, 1.54) is 12.2 Å². The van der Waals surface area contributed by atoms with Crippen LogP contribution in [0.1, 0.15) is 15.9 Å². The van der Waals surface area contributed by atoms with Gasteiger partial charge in [0.15, 0.2) is 5.78 Å². The Hall–Kier alpha value is -2.00. The zero-order valence-corrected chi connectivity index (χ0v) is 10.5. The lowest BCUT2D eigenvalue weighted by Crippen LogP contribution is -1.99. The molecule has 0 aliphatic carbocycles. The third-order valence-electron chi connectivity index (χ3n) is 2.52. The lowest BCUT2D eigenvalue weighted by Gasteiger charge is -1.99. The lowest BCUT2D eigenvalue weighted by atomic mass is 10.1. The van der Waals surface area contributed by atoms with Gasteiger partial charge in [-0.2, -0.15) is 0 Å². The highest BCUT2D eigenvalue weighted by molar-refractivity contribution is 6.32. The summed E-state index contributed by atoms with van der Waals surface area (Å²) in [6, 6.07) is 9.78. The molecule has 0 aliphatic heterocycles. The third-order valence-corrected chi connectivity index (χ3v) is 2.86. The lowest BCUT2D eigenvalue weighted by molar-refractivity contribution is 0.104. The van der Waals surface area contributed by atoms with Crippen molar-refractivity contribution in [1.29, 1.82) is 0 Å². The van der Waals surface area contributed by atoms with E-state index in [-0.39, 0.29) is 5.56 Å². The molecule has 0 spiro atoms. The van der Waals surface area contributed by atoms with Crippen molar-refractivity contribution >= 4 is 23.5 Å². The number of ketones is 1. The van der Waals surface area contributed by atoms with Crippen LogP contribution in [0.5, 0.6) is 0 Å². The Kier molecular flexibility index (Phi) is 4.07. The summed E-state index contributed by atoms with van der Waals surface area (Å²) in [7, 11) is 0. The van der Waals surface area contributed by atoms with Gasteiger partial charge in [-0.25, -0.2) is 8.78 Å². The molecule has 0 unspecified atom stereocenters. The Labute approximate surface area is 114 Å². The van der Waals surface area contributed by atoms with Gasteiger partial charge in [0, 0.05) is 11.1 Å². The molecule has 2 rings (SSSR count). The molecule has 0 aromatic heterocycles. The second-order valence-electron chi connectivity index (χ2n) is 3.84. The molecule has 19 heavy (non-hydrogen) atoms. The Morgan fingerprint density at radius 3 is 2.53 bits per heavy atom. The monoisotopic (exact) mass is 278 g/mol. The Morgan fingerprint density at radius 2 is 1.84 bits per heavy atom. The molecule has 0 saturated carbocycles. The standard InChI is InChI=1S/C15H9ClF2O/c16-13-4-2-1-3-10(13)5-8-15(19)12-7-6-11(17)9-14(12)18/h1-9H/b8-5+. The zero-order valence-electron chi connectivity index (χ0n) is 9.74. The first-order valence-corrected chi connectivity index (χ1v) is 5.88. The van der Waals surface area contributed by atoms with Crippen molar-refractivity contribution in [2.24, 2.45) is 0 Å². The van der Waals surface area contributed by atoms with Gasteiger partial charge < -0.3 is 0 Å². The van der Waals surface area contributed by atoms with Crippen LogP contribution in [0.3, 0.4) is 0 Å². The van der Waals surface area contributed by atoms with Gasteiger partial charge in [0.1, 0.15) is 11.6 Å². The van der Waals surface area contributed by atoms with Crippen LogP contribution in [-0.2, 0) is 0 Å². The van der Waals surface area contributed by atoms with Crippen LogP contribution in [0, 0.1) is 11.6 Å². The molecule has 2 aromatic carbocycles. The van der Waals surface area contributed by atoms with E-state index in [1.807, 2.05) is 0 Å². The highest BCUT2D eigenvalue weighted by Gasteiger charge is 2.09. The van der Waals surface area contributed by atoms with Crippen molar-refractivity contribution in [1.82, 2.24) is 0 Å². The molecule has 0 aliphatic rings. The number of allylic oxidation sites excluding steroid dienone is 1. The molecular formula is C15H9ClF2O. The van der Waals surface area contributed by atoms with Crippen molar-refractivity contribution in [3.8, 4) is 0 Å². The average molecular weight is 279 g/mol. The smallest absolute Gasteiger partial charge is 0.188 e. The van der Waals surface area contributed by atoms with E-state index in [2.05, 4.69) is 0 Å². The maximum absolute atomic E-state index is 13.4. The van der Waals surface area contributed by atoms with E-state index < -0.39 is 17.4 Å². The molecule has 1 nitrogen and oxygen atoms in total. The number of halogens is 3. The summed E-state index contributed by atoms with van der Waals surface area (Å²) in [6.45, 7) is 0. The second kappa shape index (κ2) is 5.76. The fraction of sp³-hybridized carbons (Fsp3) is 0. The van der Waals surface area contributed by atoms with Gasteiger partial charge in [-0.1, -0.05) is 29.8 Å². The highest BCUT2D eigenvalue weighted by atomic mass is 35.5. The summed E-state index contributed by atoms with van der Waals surface area (Å²) >= 11 is 5.92. The van der Waals surface area contributed by atoms with Crippen LogP contribution in [0.4, 0.5) is 8.78 Å². The van der Waals surface area contributed by atoms with Crippen molar-refractivity contribution in [3.05, 3.63) is 76.3 Å². The van der Waals surface area contributed by atoms with Gasteiger partial charge in [-0.05, 0) is 35.9 Å². The molecule has 4 heteroatoms. The topological polar surface area (TPSA) is 17.1 Å². The second-order valence-corrected chi connectivity index (χ2v) is 4.25. The molecule has 96 valence electrons. The third kappa shape index (κ3) is 3.26. The minimum atomic E-state index is -0.881. The molecule has 0 N–H and O–H groups in total. The van der Waals surface area contributed by atoms with Gasteiger partial charge in [0.05, 0.1) is 5.56 Å². The molecule has 0 fully saturated rings. The first-order valence-electron chi connectivity index (χ1n) is 5.50. The normalized spacial score (nSPS) is 10.9. The fourth-order valence-corrected chi connectivity index (χ4v) is 1.75. The molecule has 0 saturated heterocycles. The first kappa shape index (κ1) is 13.4. The molecule has 0 atom stereocenters. The number of rotatable bonds is 3. The van der Waals surface area contributed by atoms with Gasteiger partial charge in [0.25, 0.3) is 0 Å². The Bertz CT molecular complexity index is 650.